The molecule has 1 aliphatic heterocycles. The van der Waals surface area contributed by atoms with Crippen molar-refractivity contribution >= 4 is 31.8 Å². The summed E-state index contributed by atoms with van der Waals surface area (Å²) in [5.41, 5.74) is 1.08. The van der Waals surface area contributed by atoms with Gasteiger partial charge in [-0.25, -0.2) is 0 Å². The summed E-state index contributed by atoms with van der Waals surface area (Å²) in [4.78, 5) is 12.3. The van der Waals surface area contributed by atoms with Crippen LogP contribution in [0.4, 0.5) is 0 Å². The Morgan fingerprint density at radius 3 is 2.74 bits per heavy atom. The van der Waals surface area contributed by atoms with Crippen molar-refractivity contribution in [2.45, 2.75) is 24.5 Å². The Kier molecular flexibility index (Phi) is 3.25. The Morgan fingerprint density at radius 2 is 2.05 bits per heavy atom. The predicted octanol–water partition coefficient (Wildman–Crippen LogP) is -3.04. The average Bonchev–Trinajstić information content (AvgIpc) is 2.94. The van der Waals surface area contributed by atoms with Gasteiger partial charge in [0.2, 0.25) is 0 Å². The van der Waals surface area contributed by atoms with Gasteiger partial charge in [-0.1, -0.05) is 0 Å². The zero-order chi connectivity index (χ0) is 13.6. The molecule has 0 aromatic carbocycles. The van der Waals surface area contributed by atoms with Crippen LogP contribution in [0.5, 0.6) is 0 Å². The summed E-state index contributed by atoms with van der Waals surface area (Å²) in [5, 5.41) is 28.8. The first-order valence-corrected chi connectivity index (χ1v) is 6.56. The Labute approximate surface area is 115 Å². The first-order valence-electron chi connectivity index (χ1n) is 5.62. The Balaban J connectivity index is 2.04. The first kappa shape index (κ1) is 12.9. The number of rotatable bonds is 2. The van der Waals surface area contributed by atoms with Gasteiger partial charge in [0, 0.05) is 0 Å². The van der Waals surface area contributed by atoms with Crippen molar-refractivity contribution in [3.05, 3.63) is 12.7 Å². The van der Waals surface area contributed by atoms with E-state index >= 15 is 0 Å². The maximum atomic E-state index is 9.98. The number of hydrogen-bond acceptors (Lipinski definition) is 7. The topological polar surface area (TPSA) is 114 Å². The van der Waals surface area contributed by atoms with E-state index in [2.05, 4.69) is 31.0 Å². The summed E-state index contributed by atoms with van der Waals surface area (Å²) < 4.78 is 7.62. The molecule has 3 heterocycles. The van der Waals surface area contributed by atoms with Crippen LogP contribution >= 0.6 is 0 Å². The fourth-order valence-corrected chi connectivity index (χ4v) is 2.57. The van der Waals surface area contributed by atoms with Crippen molar-refractivity contribution in [1.82, 2.24) is 19.5 Å². The van der Waals surface area contributed by atoms with Gasteiger partial charge in [0.15, 0.2) is 0 Å². The molecule has 0 saturated carbocycles. The summed E-state index contributed by atoms with van der Waals surface area (Å²) in [7, 11) is 0. The number of nitrogens with zero attached hydrogens (tertiary/aromatic N) is 4. The molecule has 8 nitrogen and oxygen atoms in total. The Bertz CT molecular complexity index is 606. The van der Waals surface area contributed by atoms with Crippen LogP contribution in [0.3, 0.4) is 0 Å². The third-order valence-electron chi connectivity index (χ3n) is 3.13. The minimum absolute atomic E-state index is 0.369. The van der Waals surface area contributed by atoms with Gasteiger partial charge in [-0.15, -0.1) is 0 Å². The normalized spacial score (nSPS) is 31.2. The van der Waals surface area contributed by atoms with Crippen LogP contribution in [0.15, 0.2) is 12.7 Å². The molecule has 0 spiro atoms. The monoisotopic (exact) mass is 332 g/mol. The SMILES string of the molecule is OC[C@H]1OC(n2cnc3c([SeH])ncnc32)[C@H](O)[C@@H]1O. The van der Waals surface area contributed by atoms with Crippen LogP contribution in [0.1, 0.15) is 6.23 Å². The standard InChI is InChI=1S/C10H12N4O4Se/c15-1-4-6(16)7(17)10(18-4)14-3-13-5-8(14)11-2-12-9(5)19/h2-4,6-7,10,15-17H,1H2,(H,11,12,19)/t4-,6-,7-,10?/m1/s1. The molecular formula is C10H12N4O4Se. The molecule has 102 valence electrons. The van der Waals surface area contributed by atoms with Gasteiger partial charge >= 0.3 is 115 Å². The molecule has 0 aliphatic carbocycles. The van der Waals surface area contributed by atoms with Gasteiger partial charge in [-0.3, -0.25) is 0 Å². The molecule has 19 heavy (non-hydrogen) atoms. The van der Waals surface area contributed by atoms with Gasteiger partial charge in [0.1, 0.15) is 0 Å². The van der Waals surface area contributed by atoms with Gasteiger partial charge in [0.05, 0.1) is 0 Å². The van der Waals surface area contributed by atoms with Gasteiger partial charge in [-0.05, 0) is 0 Å². The minimum atomic E-state index is -1.15. The van der Waals surface area contributed by atoms with Crippen LogP contribution in [0, 0.1) is 0 Å². The second-order valence-electron chi connectivity index (χ2n) is 4.25. The van der Waals surface area contributed by atoms with E-state index in [-0.39, 0.29) is 6.61 Å². The second kappa shape index (κ2) is 4.78. The maximum absolute atomic E-state index is 9.98. The van der Waals surface area contributed by atoms with Crippen LogP contribution in [-0.4, -0.2) is 75.8 Å². The number of ether oxygens (including phenoxy) is 1. The number of aliphatic hydroxyl groups is 3. The van der Waals surface area contributed by atoms with Crippen molar-refractivity contribution in [3.63, 3.8) is 0 Å². The van der Waals surface area contributed by atoms with E-state index in [1.807, 2.05) is 0 Å². The fraction of sp³-hybridized carbons (Fsp3) is 0.500. The van der Waals surface area contributed by atoms with Crippen molar-refractivity contribution in [3.8, 4) is 0 Å². The molecule has 9 heteroatoms. The quantitative estimate of drug-likeness (QED) is 0.502. The average molecular weight is 331 g/mol. The van der Waals surface area contributed by atoms with Crippen molar-refractivity contribution < 1.29 is 20.1 Å². The summed E-state index contributed by atoms with van der Waals surface area (Å²) >= 11 is 2.29. The summed E-state index contributed by atoms with van der Waals surface area (Å²) in [6.07, 6.45) is -1.10. The predicted molar refractivity (Wildman–Crippen MR) is 65.1 cm³/mol. The Hall–Kier alpha value is -1.09. The number of aliphatic hydroxyl groups excluding tert-OH is 3. The van der Waals surface area contributed by atoms with E-state index in [9.17, 15) is 10.2 Å². The van der Waals surface area contributed by atoms with Gasteiger partial charge in [-0.2, -0.15) is 0 Å². The van der Waals surface area contributed by atoms with E-state index in [0.717, 1.165) is 0 Å². The van der Waals surface area contributed by atoms with Crippen LogP contribution in [0.25, 0.3) is 11.2 Å². The number of aromatic nitrogens is 4. The first-order chi connectivity index (χ1) is 9.13. The Morgan fingerprint density at radius 1 is 1.26 bits per heavy atom. The van der Waals surface area contributed by atoms with E-state index in [1.165, 1.54) is 17.2 Å². The summed E-state index contributed by atoms with van der Waals surface area (Å²) in [6.45, 7) is -0.369. The second-order valence-corrected chi connectivity index (χ2v) is 5.14. The summed E-state index contributed by atoms with van der Waals surface area (Å²) in [5.74, 6) is 0. The molecule has 1 aliphatic rings. The van der Waals surface area contributed by atoms with Crippen LogP contribution in [-0.2, 0) is 4.74 Å². The van der Waals surface area contributed by atoms with Gasteiger partial charge in [0.25, 0.3) is 0 Å². The van der Waals surface area contributed by atoms with E-state index in [1.54, 1.807) is 0 Å². The molecule has 1 saturated heterocycles. The molecule has 2 aromatic heterocycles. The molecule has 3 N–H and O–H groups in total. The number of imidazole rings is 1. The van der Waals surface area contributed by atoms with Crippen LogP contribution in [0.2, 0.25) is 0 Å². The molecular weight excluding hydrogens is 319 g/mol. The third-order valence-corrected chi connectivity index (χ3v) is 3.82. The van der Waals surface area contributed by atoms with E-state index in [4.69, 9.17) is 9.84 Å². The molecule has 0 radical (unpaired) electrons. The third kappa shape index (κ3) is 1.95. The fourth-order valence-electron chi connectivity index (χ4n) is 2.14. The molecule has 1 unspecified atom stereocenters. The van der Waals surface area contributed by atoms with Crippen molar-refractivity contribution in [1.29, 1.82) is 0 Å². The van der Waals surface area contributed by atoms with Gasteiger partial charge < -0.3 is 0 Å². The number of hydrogen-bond donors (Lipinski definition) is 3. The zero-order valence-electron chi connectivity index (χ0n) is 9.66. The molecule has 3 rings (SSSR count). The molecule has 0 bridgehead atoms. The molecule has 2 aromatic rings. The van der Waals surface area contributed by atoms with Crippen molar-refractivity contribution in [2.75, 3.05) is 6.61 Å². The number of fused-ring (bicyclic) bond motifs is 1. The van der Waals surface area contributed by atoms with E-state index in [0.29, 0.717) is 15.8 Å². The molecule has 1 fully saturated rings. The molecule has 4 atom stereocenters. The van der Waals surface area contributed by atoms with E-state index < -0.39 is 24.5 Å². The molecule has 0 amide bonds. The van der Waals surface area contributed by atoms with Crippen LogP contribution < -0.4 is 4.59 Å². The summed E-state index contributed by atoms with van der Waals surface area (Å²) in [6, 6.07) is 0. The van der Waals surface area contributed by atoms with Crippen molar-refractivity contribution in [2.24, 2.45) is 0 Å². The zero-order valence-corrected chi connectivity index (χ0v) is 11.5.